The predicted octanol–water partition coefficient (Wildman–Crippen LogP) is 4.28. The van der Waals surface area contributed by atoms with E-state index in [0.29, 0.717) is 12.3 Å². The Bertz CT molecular complexity index is 599. The van der Waals surface area contributed by atoms with Crippen LogP contribution in [0.3, 0.4) is 0 Å². The SMILES string of the molecule is COc1cc(C)c(NCc2ccccc2Cl)cc1OC. The number of benzene rings is 2. The van der Waals surface area contributed by atoms with Gasteiger partial charge in [-0.2, -0.15) is 0 Å². The molecule has 0 aromatic heterocycles. The summed E-state index contributed by atoms with van der Waals surface area (Å²) in [6.07, 6.45) is 0. The van der Waals surface area contributed by atoms with Crippen LogP contribution in [0, 0.1) is 6.92 Å². The summed E-state index contributed by atoms with van der Waals surface area (Å²) in [4.78, 5) is 0. The molecule has 0 saturated carbocycles. The Morgan fingerprint density at radius 2 is 1.70 bits per heavy atom. The molecule has 3 nitrogen and oxygen atoms in total. The quantitative estimate of drug-likeness (QED) is 0.892. The van der Waals surface area contributed by atoms with Gasteiger partial charge in [-0.1, -0.05) is 29.8 Å². The minimum absolute atomic E-state index is 0.663. The zero-order valence-electron chi connectivity index (χ0n) is 11.9. The fraction of sp³-hybridized carbons (Fsp3) is 0.250. The van der Waals surface area contributed by atoms with E-state index in [1.54, 1.807) is 14.2 Å². The van der Waals surface area contributed by atoms with Crippen LogP contribution in [0.15, 0.2) is 36.4 Å². The van der Waals surface area contributed by atoms with Crippen molar-refractivity contribution >= 4 is 17.3 Å². The normalized spacial score (nSPS) is 10.2. The summed E-state index contributed by atoms with van der Waals surface area (Å²) in [6, 6.07) is 11.7. The van der Waals surface area contributed by atoms with Gasteiger partial charge in [0.05, 0.1) is 14.2 Å². The lowest BCUT2D eigenvalue weighted by Crippen LogP contribution is -2.02. The Kier molecular flexibility index (Phi) is 4.74. The number of aryl methyl sites for hydroxylation is 1. The molecule has 0 amide bonds. The van der Waals surface area contributed by atoms with Crippen LogP contribution in [0.4, 0.5) is 5.69 Å². The van der Waals surface area contributed by atoms with E-state index >= 15 is 0 Å². The first-order valence-corrected chi connectivity index (χ1v) is 6.73. The van der Waals surface area contributed by atoms with Crippen LogP contribution in [0.5, 0.6) is 11.5 Å². The molecule has 0 bridgehead atoms. The van der Waals surface area contributed by atoms with Crippen molar-refractivity contribution in [1.82, 2.24) is 0 Å². The summed E-state index contributed by atoms with van der Waals surface area (Å²) >= 11 is 6.15. The molecule has 0 aliphatic heterocycles. The highest BCUT2D eigenvalue weighted by Gasteiger charge is 2.08. The number of rotatable bonds is 5. The summed E-state index contributed by atoms with van der Waals surface area (Å²) in [6.45, 7) is 2.69. The molecule has 20 heavy (non-hydrogen) atoms. The van der Waals surface area contributed by atoms with E-state index in [0.717, 1.165) is 27.6 Å². The van der Waals surface area contributed by atoms with Crippen LogP contribution in [-0.4, -0.2) is 14.2 Å². The standard InChI is InChI=1S/C16H18ClNO2/c1-11-8-15(19-2)16(20-3)9-14(11)18-10-12-6-4-5-7-13(12)17/h4-9,18H,10H2,1-3H3. The fourth-order valence-electron chi connectivity index (χ4n) is 2.00. The third kappa shape index (κ3) is 3.17. The monoisotopic (exact) mass is 291 g/mol. The molecule has 0 unspecified atom stereocenters. The van der Waals surface area contributed by atoms with Gasteiger partial charge in [0.25, 0.3) is 0 Å². The van der Waals surface area contributed by atoms with Gasteiger partial charge in [-0.05, 0) is 30.2 Å². The summed E-state index contributed by atoms with van der Waals surface area (Å²) in [5.74, 6) is 1.44. The Morgan fingerprint density at radius 3 is 2.35 bits per heavy atom. The topological polar surface area (TPSA) is 30.5 Å². The average molecular weight is 292 g/mol. The van der Waals surface area contributed by atoms with E-state index in [1.165, 1.54) is 0 Å². The van der Waals surface area contributed by atoms with Crippen molar-refractivity contribution in [2.75, 3.05) is 19.5 Å². The second kappa shape index (κ2) is 6.53. The van der Waals surface area contributed by atoms with Crippen LogP contribution in [-0.2, 0) is 6.54 Å². The molecule has 106 valence electrons. The summed E-state index contributed by atoms with van der Waals surface area (Å²) in [7, 11) is 3.26. The second-order valence-electron chi connectivity index (χ2n) is 4.47. The number of hydrogen-bond donors (Lipinski definition) is 1. The third-order valence-corrected chi connectivity index (χ3v) is 3.53. The first kappa shape index (κ1) is 14.5. The number of methoxy groups -OCH3 is 2. The van der Waals surface area contributed by atoms with Gasteiger partial charge < -0.3 is 14.8 Å². The zero-order valence-corrected chi connectivity index (χ0v) is 12.6. The molecule has 2 rings (SSSR count). The first-order chi connectivity index (χ1) is 9.65. The van der Waals surface area contributed by atoms with Crippen molar-refractivity contribution in [3.8, 4) is 11.5 Å². The van der Waals surface area contributed by atoms with Crippen molar-refractivity contribution in [1.29, 1.82) is 0 Å². The highest BCUT2D eigenvalue weighted by atomic mass is 35.5. The molecule has 0 atom stereocenters. The molecule has 2 aromatic carbocycles. The number of nitrogens with one attached hydrogen (secondary N) is 1. The van der Waals surface area contributed by atoms with E-state index in [2.05, 4.69) is 5.32 Å². The summed E-state index contributed by atoms with van der Waals surface area (Å²) in [5.41, 5.74) is 3.15. The maximum absolute atomic E-state index is 6.15. The summed E-state index contributed by atoms with van der Waals surface area (Å²) in [5, 5.41) is 4.14. The van der Waals surface area contributed by atoms with Crippen molar-refractivity contribution in [2.45, 2.75) is 13.5 Å². The van der Waals surface area contributed by atoms with Gasteiger partial charge in [-0.3, -0.25) is 0 Å². The van der Waals surface area contributed by atoms with E-state index in [1.807, 2.05) is 43.3 Å². The number of hydrogen-bond acceptors (Lipinski definition) is 3. The lowest BCUT2D eigenvalue weighted by atomic mass is 10.1. The highest BCUT2D eigenvalue weighted by molar-refractivity contribution is 6.31. The maximum atomic E-state index is 6.15. The molecular formula is C16H18ClNO2. The Balaban J connectivity index is 2.19. The van der Waals surface area contributed by atoms with E-state index in [9.17, 15) is 0 Å². The van der Waals surface area contributed by atoms with Gasteiger partial charge in [0, 0.05) is 23.3 Å². The third-order valence-electron chi connectivity index (χ3n) is 3.16. The van der Waals surface area contributed by atoms with Gasteiger partial charge in [0.2, 0.25) is 0 Å². The van der Waals surface area contributed by atoms with E-state index in [-0.39, 0.29) is 0 Å². The number of ether oxygens (including phenoxy) is 2. The lowest BCUT2D eigenvalue weighted by molar-refractivity contribution is 0.355. The van der Waals surface area contributed by atoms with Crippen LogP contribution in [0.1, 0.15) is 11.1 Å². The van der Waals surface area contributed by atoms with Crippen molar-refractivity contribution in [3.63, 3.8) is 0 Å². The largest absolute Gasteiger partial charge is 0.493 e. The molecule has 0 aliphatic carbocycles. The Hall–Kier alpha value is -1.87. The average Bonchev–Trinajstić information content (AvgIpc) is 2.47. The minimum atomic E-state index is 0.663. The number of halogens is 1. The predicted molar refractivity (Wildman–Crippen MR) is 83.1 cm³/mol. The highest BCUT2D eigenvalue weighted by Crippen LogP contribution is 2.33. The van der Waals surface area contributed by atoms with Crippen LogP contribution in [0.2, 0.25) is 5.02 Å². The zero-order chi connectivity index (χ0) is 14.5. The molecule has 0 saturated heterocycles. The molecule has 0 aliphatic rings. The minimum Gasteiger partial charge on any atom is -0.493 e. The Morgan fingerprint density at radius 1 is 1.05 bits per heavy atom. The molecule has 4 heteroatoms. The number of anilines is 1. The molecule has 0 radical (unpaired) electrons. The van der Waals surface area contributed by atoms with Crippen LogP contribution >= 0.6 is 11.6 Å². The molecule has 0 spiro atoms. The van der Waals surface area contributed by atoms with E-state index < -0.39 is 0 Å². The van der Waals surface area contributed by atoms with Gasteiger partial charge in [-0.25, -0.2) is 0 Å². The first-order valence-electron chi connectivity index (χ1n) is 6.35. The second-order valence-corrected chi connectivity index (χ2v) is 4.87. The van der Waals surface area contributed by atoms with E-state index in [4.69, 9.17) is 21.1 Å². The van der Waals surface area contributed by atoms with Crippen LogP contribution in [0.25, 0.3) is 0 Å². The molecule has 1 N–H and O–H groups in total. The molecule has 2 aromatic rings. The van der Waals surface area contributed by atoms with Crippen molar-refractivity contribution in [2.24, 2.45) is 0 Å². The van der Waals surface area contributed by atoms with Gasteiger partial charge in [0.15, 0.2) is 11.5 Å². The molecule has 0 fully saturated rings. The van der Waals surface area contributed by atoms with Crippen LogP contribution < -0.4 is 14.8 Å². The summed E-state index contributed by atoms with van der Waals surface area (Å²) < 4.78 is 10.6. The van der Waals surface area contributed by atoms with Gasteiger partial charge in [0.1, 0.15) is 0 Å². The van der Waals surface area contributed by atoms with Gasteiger partial charge >= 0.3 is 0 Å². The molecular weight excluding hydrogens is 274 g/mol. The molecule has 0 heterocycles. The van der Waals surface area contributed by atoms with Gasteiger partial charge in [-0.15, -0.1) is 0 Å². The Labute approximate surface area is 124 Å². The maximum Gasteiger partial charge on any atom is 0.162 e. The van der Waals surface area contributed by atoms with Crippen molar-refractivity contribution < 1.29 is 9.47 Å². The fourth-order valence-corrected chi connectivity index (χ4v) is 2.21. The van der Waals surface area contributed by atoms with Crippen molar-refractivity contribution in [3.05, 3.63) is 52.5 Å². The lowest BCUT2D eigenvalue weighted by Gasteiger charge is -2.14. The smallest absolute Gasteiger partial charge is 0.162 e.